The number of nitrogens with one attached hydrogen (secondary N) is 2. The van der Waals surface area contributed by atoms with Crippen molar-refractivity contribution in [1.29, 1.82) is 5.41 Å². The number of esters is 1. The minimum absolute atomic E-state index is 0.00595. The second-order valence-corrected chi connectivity index (χ2v) is 8.24. The third-order valence-corrected chi connectivity index (χ3v) is 5.23. The zero-order chi connectivity index (χ0) is 24.7. The maximum absolute atomic E-state index is 12.6. The van der Waals surface area contributed by atoms with Crippen molar-refractivity contribution in [3.63, 3.8) is 0 Å². The summed E-state index contributed by atoms with van der Waals surface area (Å²) in [6.07, 6.45) is 0. The molecule has 0 spiro atoms. The minimum Gasteiger partial charge on any atom is -0.489 e. The number of hydrogen-bond donors (Lipinski definition) is 3. The van der Waals surface area contributed by atoms with Gasteiger partial charge in [0.25, 0.3) is 5.91 Å². The number of amidine groups is 1. The number of hydrogen-bond acceptors (Lipinski definition) is 5. The average molecular weight is 460 g/mol. The molecule has 0 atom stereocenters. The first-order chi connectivity index (χ1) is 16.3. The molecule has 0 unspecified atom stereocenters. The molecule has 3 aromatic rings. The highest BCUT2D eigenvalue weighted by Gasteiger charge is 2.19. The zero-order valence-corrected chi connectivity index (χ0v) is 19.6. The molecular formula is C27H29N3O4. The summed E-state index contributed by atoms with van der Waals surface area (Å²) in [6.45, 7) is 4.83. The van der Waals surface area contributed by atoms with Gasteiger partial charge in [-0.25, -0.2) is 4.79 Å². The van der Waals surface area contributed by atoms with Gasteiger partial charge in [0.05, 0.1) is 12.7 Å². The van der Waals surface area contributed by atoms with Crippen molar-refractivity contribution < 1.29 is 19.1 Å². The number of rotatable bonds is 9. The number of methoxy groups -OCH3 is 1. The third-order valence-electron chi connectivity index (χ3n) is 5.23. The fourth-order valence-corrected chi connectivity index (χ4v) is 3.40. The van der Waals surface area contributed by atoms with Crippen LogP contribution in [0.5, 0.6) is 5.75 Å². The van der Waals surface area contributed by atoms with Crippen LogP contribution in [0, 0.1) is 11.3 Å². The van der Waals surface area contributed by atoms with E-state index < -0.39 is 5.97 Å². The molecule has 0 saturated carbocycles. The molecule has 34 heavy (non-hydrogen) atoms. The molecule has 3 aromatic carbocycles. The average Bonchev–Trinajstić information content (AvgIpc) is 2.85. The van der Waals surface area contributed by atoms with E-state index in [4.69, 9.17) is 20.6 Å². The maximum Gasteiger partial charge on any atom is 0.338 e. The van der Waals surface area contributed by atoms with Gasteiger partial charge in [-0.3, -0.25) is 10.2 Å². The molecule has 7 heteroatoms. The molecule has 0 aliphatic heterocycles. The van der Waals surface area contributed by atoms with Gasteiger partial charge in [0, 0.05) is 17.7 Å². The third kappa shape index (κ3) is 6.01. The van der Waals surface area contributed by atoms with Crippen molar-refractivity contribution in [3.05, 3.63) is 89.0 Å². The summed E-state index contributed by atoms with van der Waals surface area (Å²) in [5.74, 6) is 0.174. The summed E-state index contributed by atoms with van der Waals surface area (Å²) >= 11 is 0. The quantitative estimate of drug-likeness (QED) is 0.249. The summed E-state index contributed by atoms with van der Waals surface area (Å²) in [7, 11) is 1.32. The van der Waals surface area contributed by atoms with Crippen LogP contribution in [-0.2, 0) is 11.3 Å². The SMILES string of the molecule is COC(=O)c1cc(C(=O)NCC(C)C)ccc1-c1ccccc1COc1ccc(C(=N)N)cc1. The van der Waals surface area contributed by atoms with Gasteiger partial charge < -0.3 is 20.5 Å². The van der Waals surface area contributed by atoms with E-state index in [1.807, 2.05) is 38.1 Å². The van der Waals surface area contributed by atoms with Crippen molar-refractivity contribution in [3.8, 4) is 16.9 Å². The summed E-state index contributed by atoms with van der Waals surface area (Å²) in [5, 5.41) is 10.4. The van der Waals surface area contributed by atoms with Crippen LogP contribution < -0.4 is 15.8 Å². The Morgan fingerprint density at radius 2 is 1.65 bits per heavy atom. The summed E-state index contributed by atoms with van der Waals surface area (Å²) in [5.41, 5.74) is 9.13. The second-order valence-electron chi connectivity index (χ2n) is 8.24. The number of nitrogens with two attached hydrogens (primary N) is 1. The van der Waals surface area contributed by atoms with Crippen molar-refractivity contribution in [2.24, 2.45) is 11.7 Å². The van der Waals surface area contributed by atoms with Gasteiger partial charge in [0.2, 0.25) is 0 Å². The van der Waals surface area contributed by atoms with E-state index in [9.17, 15) is 9.59 Å². The number of carbonyl (C=O) groups is 2. The predicted octanol–water partition coefficient (Wildman–Crippen LogP) is 4.39. The molecule has 7 nitrogen and oxygen atoms in total. The molecule has 0 heterocycles. The van der Waals surface area contributed by atoms with Gasteiger partial charge in [0.15, 0.2) is 0 Å². The van der Waals surface area contributed by atoms with E-state index in [0.717, 1.165) is 11.1 Å². The van der Waals surface area contributed by atoms with Crippen LogP contribution >= 0.6 is 0 Å². The van der Waals surface area contributed by atoms with Crippen molar-refractivity contribution in [2.75, 3.05) is 13.7 Å². The Hall–Kier alpha value is -4.13. The maximum atomic E-state index is 12.6. The van der Waals surface area contributed by atoms with Crippen LogP contribution in [0.1, 0.15) is 45.7 Å². The van der Waals surface area contributed by atoms with Gasteiger partial charge in [-0.05, 0) is 59.0 Å². The molecule has 0 bridgehead atoms. The van der Waals surface area contributed by atoms with Gasteiger partial charge in [-0.1, -0.05) is 44.2 Å². The molecule has 3 rings (SSSR count). The fraction of sp³-hybridized carbons (Fsp3) is 0.222. The lowest BCUT2D eigenvalue weighted by molar-refractivity contribution is 0.0601. The van der Waals surface area contributed by atoms with Crippen LogP contribution in [-0.4, -0.2) is 31.4 Å². The largest absolute Gasteiger partial charge is 0.489 e. The van der Waals surface area contributed by atoms with Gasteiger partial charge in [0.1, 0.15) is 18.2 Å². The van der Waals surface area contributed by atoms with Gasteiger partial charge in [-0.2, -0.15) is 0 Å². The topological polar surface area (TPSA) is 115 Å². The predicted molar refractivity (Wildman–Crippen MR) is 132 cm³/mol. The van der Waals surface area contributed by atoms with Crippen molar-refractivity contribution >= 4 is 17.7 Å². The van der Waals surface area contributed by atoms with Crippen LogP contribution in [0.4, 0.5) is 0 Å². The first-order valence-electron chi connectivity index (χ1n) is 11.0. The van der Waals surface area contributed by atoms with E-state index in [2.05, 4.69) is 5.32 Å². The van der Waals surface area contributed by atoms with E-state index in [1.54, 1.807) is 42.5 Å². The first kappa shape index (κ1) is 24.5. The Bertz CT molecular complexity index is 1190. The number of carbonyl (C=O) groups excluding carboxylic acids is 2. The Morgan fingerprint density at radius 3 is 2.29 bits per heavy atom. The number of amides is 1. The van der Waals surface area contributed by atoms with Crippen molar-refractivity contribution in [2.45, 2.75) is 20.5 Å². The molecule has 0 aliphatic carbocycles. The van der Waals surface area contributed by atoms with Gasteiger partial charge >= 0.3 is 5.97 Å². The van der Waals surface area contributed by atoms with Crippen LogP contribution in [0.15, 0.2) is 66.7 Å². The molecule has 0 aromatic heterocycles. The lowest BCUT2D eigenvalue weighted by atomic mass is 9.94. The normalized spacial score (nSPS) is 10.6. The van der Waals surface area contributed by atoms with Gasteiger partial charge in [-0.15, -0.1) is 0 Å². The molecule has 176 valence electrons. The van der Waals surface area contributed by atoms with Crippen LogP contribution in [0.3, 0.4) is 0 Å². The highest BCUT2D eigenvalue weighted by atomic mass is 16.5. The Labute approximate surface area is 199 Å². The number of nitrogen functional groups attached to an aromatic ring is 1. The Morgan fingerprint density at radius 1 is 0.971 bits per heavy atom. The molecule has 1 amide bonds. The lowest BCUT2D eigenvalue weighted by Crippen LogP contribution is -2.27. The standard InChI is InChI=1S/C27H29N3O4/c1-17(2)15-30-26(31)19-10-13-23(24(14-19)27(32)33-3)22-7-5-4-6-20(22)16-34-21-11-8-18(9-12-21)25(28)29/h4-14,17H,15-16H2,1-3H3,(H3,28,29)(H,30,31). The fourth-order valence-electron chi connectivity index (χ4n) is 3.40. The van der Waals surface area contributed by atoms with E-state index in [-0.39, 0.29) is 18.3 Å². The smallest absolute Gasteiger partial charge is 0.338 e. The Kier molecular flexibility index (Phi) is 8.03. The van der Waals surface area contributed by atoms with E-state index in [1.165, 1.54) is 7.11 Å². The number of benzene rings is 3. The first-order valence-corrected chi connectivity index (χ1v) is 11.0. The zero-order valence-electron chi connectivity index (χ0n) is 19.6. The molecule has 0 fully saturated rings. The Balaban J connectivity index is 1.90. The van der Waals surface area contributed by atoms with Crippen LogP contribution in [0.2, 0.25) is 0 Å². The van der Waals surface area contributed by atoms with E-state index in [0.29, 0.717) is 40.5 Å². The highest BCUT2D eigenvalue weighted by Crippen LogP contribution is 2.30. The molecular weight excluding hydrogens is 430 g/mol. The second kappa shape index (κ2) is 11.1. The summed E-state index contributed by atoms with van der Waals surface area (Å²) in [6, 6.07) is 19.6. The monoisotopic (exact) mass is 459 g/mol. The minimum atomic E-state index is -0.524. The molecule has 0 radical (unpaired) electrons. The lowest BCUT2D eigenvalue weighted by Gasteiger charge is -2.15. The van der Waals surface area contributed by atoms with Crippen LogP contribution in [0.25, 0.3) is 11.1 Å². The summed E-state index contributed by atoms with van der Waals surface area (Å²) in [4.78, 5) is 25.2. The molecule has 4 N–H and O–H groups in total. The number of ether oxygens (including phenoxy) is 2. The highest BCUT2D eigenvalue weighted by molar-refractivity contribution is 6.02. The summed E-state index contributed by atoms with van der Waals surface area (Å²) < 4.78 is 10.9. The molecule has 0 aliphatic rings. The van der Waals surface area contributed by atoms with E-state index >= 15 is 0 Å². The van der Waals surface area contributed by atoms with Crippen molar-refractivity contribution in [1.82, 2.24) is 5.32 Å². The molecule has 0 saturated heterocycles.